The number of carbonyl (C=O) groups excluding carboxylic acids is 1. The summed E-state index contributed by atoms with van der Waals surface area (Å²) in [4.78, 5) is 13.8. The number of methoxy groups -OCH3 is 1. The zero-order valence-electron chi connectivity index (χ0n) is 12.6. The Morgan fingerprint density at radius 1 is 1.18 bits per heavy atom. The maximum absolute atomic E-state index is 11.7. The quantitative estimate of drug-likeness (QED) is 0.815. The van der Waals surface area contributed by atoms with E-state index in [-0.39, 0.29) is 11.9 Å². The topological polar surface area (TPSA) is 55.3 Å². The molecular formula is C17H19N3O2. The standard InChI is InChI=1S/C17H19N3O2/c1-22-17(21)14-8-5-11-20(12-14)16-10-9-15(18-19-16)13-6-3-2-4-7-13/h2-4,6-7,9-10,14H,5,8,11-12H2,1H3. The van der Waals surface area contributed by atoms with Crippen molar-refractivity contribution in [3.8, 4) is 11.3 Å². The van der Waals surface area contributed by atoms with Crippen molar-refractivity contribution in [3.05, 3.63) is 42.5 Å². The Kier molecular flexibility index (Phi) is 4.32. The van der Waals surface area contributed by atoms with E-state index >= 15 is 0 Å². The van der Waals surface area contributed by atoms with E-state index in [1.165, 1.54) is 7.11 Å². The molecule has 1 aliphatic heterocycles. The smallest absolute Gasteiger partial charge is 0.310 e. The van der Waals surface area contributed by atoms with Crippen LogP contribution < -0.4 is 4.90 Å². The molecule has 0 aliphatic carbocycles. The molecule has 1 aromatic heterocycles. The summed E-state index contributed by atoms with van der Waals surface area (Å²) in [5, 5.41) is 8.63. The Morgan fingerprint density at radius 2 is 2.00 bits per heavy atom. The average Bonchev–Trinajstić information content (AvgIpc) is 2.62. The fourth-order valence-electron chi connectivity index (χ4n) is 2.80. The van der Waals surface area contributed by atoms with Gasteiger partial charge < -0.3 is 9.64 Å². The third-order valence-electron chi connectivity index (χ3n) is 4.00. The monoisotopic (exact) mass is 297 g/mol. The summed E-state index contributed by atoms with van der Waals surface area (Å²) < 4.78 is 4.85. The van der Waals surface area contributed by atoms with Gasteiger partial charge in [-0.15, -0.1) is 10.2 Å². The van der Waals surface area contributed by atoms with Crippen molar-refractivity contribution in [2.45, 2.75) is 12.8 Å². The van der Waals surface area contributed by atoms with Crippen molar-refractivity contribution in [1.82, 2.24) is 10.2 Å². The molecule has 0 bridgehead atoms. The molecule has 22 heavy (non-hydrogen) atoms. The van der Waals surface area contributed by atoms with Crippen molar-refractivity contribution < 1.29 is 9.53 Å². The van der Waals surface area contributed by atoms with Crippen LogP contribution in [0.4, 0.5) is 5.82 Å². The number of piperidine rings is 1. The molecule has 0 N–H and O–H groups in total. The highest BCUT2D eigenvalue weighted by molar-refractivity contribution is 5.73. The van der Waals surface area contributed by atoms with E-state index in [0.29, 0.717) is 6.54 Å². The van der Waals surface area contributed by atoms with E-state index < -0.39 is 0 Å². The second-order valence-corrected chi connectivity index (χ2v) is 5.45. The van der Waals surface area contributed by atoms with E-state index in [2.05, 4.69) is 15.1 Å². The summed E-state index contributed by atoms with van der Waals surface area (Å²) in [6, 6.07) is 13.9. The van der Waals surface area contributed by atoms with Gasteiger partial charge in [-0.25, -0.2) is 0 Å². The van der Waals surface area contributed by atoms with Gasteiger partial charge in [0.25, 0.3) is 0 Å². The maximum atomic E-state index is 11.7. The summed E-state index contributed by atoms with van der Waals surface area (Å²) in [5.41, 5.74) is 1.90. The molecule has 3 rings (SSSR count). The molecule has 1 aliphatic rings. The Labute approximate surface area is 129 Å². The minimum absolute atomic E-state index is 0.0747. The molecular weight excluding hydrogens is 278 g/mol. The van der Waals surface area contributed by atoms with Crippen LogP contribution in [0.3, 0.4) is 0 Å². The molecule has 1 aromatic carbocycles. The number of aromatic nitrogens is 2. The molecule has 0 amide bonds. The highest BCUT2D eigenvalue weighted by Gasteiger charge is 2.27. The normalized spacial score (nSPS) is 18.0. The number of hydrogen-bond acceptors (Lipinski definition) is 5. The number of rotatable bonds is 3. The SMILES string of the molecule is COC(=O)C1CCCN(c2ccc(-c3ccccc3)nn2)C1. The lowest BCUT2D eigenvalue weighted by atomic mass is 9.98. The summed E-state index contributed by atoms with van der Waals surface area (Å²) in [6.45, 7) is 1.54. The van der Waals surface area contributed by atoms with Crippen molar-refractivity contribution in [2.75, 3.05) is 25.1 Å². The number of nitrogens with zero attached hydrogens (tertiary/aromatic N) is 3. The number of carbonyl (C=O) groups is 1. The molecule has 1 unspecified atom stereocenters. The average molecular weight is 297 g/mol. The Balaban J connectivity index is 1.74. The highest BCUT2D eigenvalue weighted by atomic mass is 16.5. The molecule has 2 aromatic rings. The summed E-state index contributed by atoms with van der Waals surface area (Å²) in [7, 11) is 1.44. The number of ether oxygens (including phenoxy) is 1. The molecule has 0 spiro atoms. The fraction of sp³-hybridized carbons (Fsp3) is 0.353. The van der Waals surface area contributed by atoms with Crippen LogP contribution in [0, 0.1) is 5.92 Å². The van der Waals surface area contributed by atoms with Gasteiger partial charge >= 0.3 is 5.97 Å². The Bertz CT molecular complexity index is 628. The van der Waals surface area contributed by atoms with Crippen LogP contribution in [0.5, 0.6) is 0 Å². The fourth-order valence-corrected chi connectivity index (χ4v) is 2.80. The van der Waals surface area contributed by atoms with E-state index in [4.69, 9.17) is 4.74 Å². The molecule has 0 radical (unpaired) electrons. The first-order valence-electron chi connectivity index (χ1n) is 7.50. The van der Waals surface area contributed by atoms with Crippen LogP contribution in [0.25, 0.3) is 11.3 Å². The predicted octanol–water partition coefficient (Wildman–Crippen LogP) is 2.53. The molecule has 0 saturated carbocycles. The number of hydrogen-bond donors (Lipinski definition) is 0. The zero-order valence-corrected chi connectivity index (χ0v) is 12.6. The molecule has 1 fully saturated rings. The Morgan fingerprint density at radius 3 is 2.68 bits per heavy atom. The first kappa shape index (κ1) is 14.5. The van der Waals surface area contributed by atoms with E-state index in [1.54, 1.807) is 0 Å². The maximum Gasteiger partial charge on any atom is 0.310 e. The molecule has 5 heteroatoms. The highest BCUT2D eigenvalue weighted by Crippen LogP contribution is 2.23. The van der Waals surface area contributed by atoms with Gasteiger partial charge in [0.1, 0.15) is 0 Å². The van der Waals surface area contributed by atoms with Crippen LogP contribution >= 0.6 is 0 Å². The van der Waals surface area contributed by atoms with Crippen molar-refractivity contribution in [3.63, 3.8) is 0 Å². The zero-order chi connectivity index (χ0) is 15.4. The molecule has 1 saturated heterocycles. The number of anilines is 1. The van der Waals surface area contributed by atoms with Gasteiger partial charge in [-0.3, -0.25) is 4.79 Å². The van der Waals surface area contributed by atoms with Crippen LogP contribution in [-0.4, -0.2) is 36.4 Å². The molecule has 114 valence electrons. The third-order valence-corrected chi connectivity index (χ3v) is 4.00. The molecule has 2 heterocycles. The van der Waals surface area contributed by atoms with Crippen LogP contribution in [0.2, 0.25) is 0 Å². The summed E-state index contributed by atoms with van der Waals surface area (Å²) >= 11 is 0. The second-order valence-electron chi connectivity index (χ2n) is 5.45. The lowest BCUT2D eigenvalue weighted by Gasteiger charge is -2.31. The third kappa shape index (κ3) is 3.08. The molecule has 1 atom stereocenters. The van der Waals surface area contributed by atoms with E-state index in [0.717, 1.165) is 36.5 Å². The van der Waals surface area contributed by atoms with Gasteiger partial charge in [-0.05, 0) is 25.0 Å². The van der Waals surface area contributed by atoms with Crippen LogP contribution in [0.15, 0.2) is 42.5 Å². The van der Waals surface area contributed by atoms with Crippen molar-refractivity contribution >= 4 is 11.8 Å². The number of esters is 1. The minimum Gasteiger partial charge on any atom is -0.469 e. The van der Waals surface area contributed by atoms with Gasteiger partial charge in [-0.2, -0.15) is 0 Å². The Hall–Kier alpha value is -2.43. The number of benzene rings is 1. The lowest BCUT2D eigenvalue weighted by Crippen LogP contribution is -2.39. The van der Waals surface area contributed by atoms with Gasteiger partial charge in [0.2, 0.25) is 0 Å². The minimum atomic E-state index is -0.140. The van der Waals surface area contributed by atoms with Crippen molar-refractivity contribution in [1.29, 1.82) is 0 Å². The van der Waals surface area contributed by atoms with Gasteiger partial charge in [0.15, 0.2) is 5.82 Å². The first-order chi connectivity index (χ1) is 10.8. The van der Waals surface area contributed by atoms with Crippen LogP contribution in [-0.2, 0) is 9.53 Å². The lowest BCUT2D eigenvalue weighted by molar-refractivity contribution is -0.145. The second kappa shape index (κ2) is 6.56. The van der Waals surface area contributed by atoms with Gasteiger partial charge in [0.05, 0.1) is 18.7 Å². The molecule has 5 nitrogen and oxygen atoms in total. The van der Waals surface area contributed by atoms with E-state index in [1.807, 2.05) is 42.5 Å². The first-order valence-corrected chi connectivity index (χ1v) is 7.50. The van der Waals surface area contributed by atoms with Crippen LogP contribution in [0.1, 0.15) is 12.8 Å². The summed E-state index contributed by atoms with van der Waals surface area (Å²) in [5.74, 6) is 0.598. The van der Waals surface area contributed by atoms with Gasteiger partial charge in [-0.1, -0.05) is 30.3 Å². The van der Waals surface area contributed by atoms with Gasteiger partial charge in [0, 0.05) is 18.7 Å². The largest absolute Gasteiger partial charge is 0.469 e. The van der Waals surface area contributed by atoms with E-state index in [9.17, 15) is 4.79 Å². The summed E-state index contributed by atoms with van der Waals surface area (Å²) in [6.07, 6.45) is 1.83. The van der Waals surface area contributed by atoms with Crippen molar-refractivity contribution in [2.24, 2.45) is 5.92 Å². The predicted molar refractivity (Wildman–Crippen MR) is 84.4 cm³/mol.